The van der Waals surface area contributed by atoms with Crippen molar-refractivity contribution >= 4 is 15.9 Å². The highest BCUT2D eigenvalue weighted by Gasteiger charge is 2.16. The van der Waals surface area contributed by atoms with Gasteiger partial charge in [0.1, 0.15) is 0 Å². The van der Waals surface area contributed by atoms with Crippen LogP contribution in [0, 0.1) is 13.8 Å². The molecule has 1 atom stereocenters. The topological polar surface area (TPSA) is 44.5 Å². The fourth-order valence-electron chi connectivity index (χ4n) is 2.37. The van der Waals surface area contributed by atoms with Gasteiger partial charge in [-0.2, -0.15) is 0 Å². The summed E-state index contributed by atoms with van der Waals surface area (Å²) in [7, 11) is 3.27. The molecule has 2 N–H and O–H groups in total. The molecule has 4 heteroatoms. The Hall–Kier alpha value is -1.52. The van der Waals surface area contributed by atoms with Gasteiger partial charge < -0.3 is 15.2 Å². The molecule has 0 aliphatic rings. The normalized spacial score (nSPS) is 12.1. The number of rotatable bonds is 4. The van der Waals surface area contributed by atoms with Gasteiger partial charge in [-0.25, -0.2) is 0 Å². The molecule has 0 spiro atoms. The smallest absolute Gasteiger partial charge is 0.161 e. The highest BCUT2D eigenvalue weighted by molar-refractivity contribution is 9.10. The molecular formula is C17H20BrNO2. The lowest BCUT2D eigenvalue weighted by molar-refractivity contribution is 0.354. The molecule has 0 aromatic heterocycles. The molecule has 0 fully saturated rings. The van der Waals surface area contributed by atoms with Crippen molar-refractivity contribution in [3.8, 4) is 11.5 Å². The second-order valence-corrected chi connectivity index (χ2v) is 5.90. The van der Waals surface area contributed by atoms with E-state index in [4.69, 9.17) is 15.2 Å². The lowest BCUT2D eigenvalue weighted by atomic mass is 9.94. The molecule has 0 amide bonds. The van der Waals surface area contributed by atoms with E-state index in [0.717, 1.165) is 26.9 Å². The van der Waals surface area contributed by atoms with Gasteiger partial charge in [0.15, 0.2) is 11.5 Å². The Labute approximate surface area is 134 Å². The van der Waals surface area contributed by atoms with E-state index in [9.17, 15) is 0 Å². The van der Waals surface area contributed by atoms with Crippen LogP contribution in [0.3, 0.4) is 0 Å². The lowest BCUT2D eigenvalue weighted by Crippen LogP contribution is -2.14. The maximum absolute atomic E-state index is 6.44. The highest BCUT2D eigenvalue weighted by atomic mass is 79.9. The summed E-state index contributed by atoms with van der Waals surface area (Å²) in [5, 5.41) is 0. The van der Waals surface area contributed by atoms with Crippen LogP contribution in [0.25, 0.3) is 0 Å². The third-order valence-corrected chi connectivity index (χ3v) is 4.54. The summed E-state index contributed by atoms with van der Waals surface area (Å²) in [5.74, 6) is 1.42. The first kappa shape index (κ1) is 15.9. The molecule has 2 rings (SSSR count). The molecule has 0 heterocycles. The summed E-state index contributed by atoms with van der Waals surface area (Å²) >= 11 is 3.51. The number of hydrogen-bond donors (Lipinski definition) is 1. The van der Waals surface area contributed by atoms with Gasteiger partial charge in [-0.15, -0.1) is 0 Å². The van der Waals surface area contributed by atoms with Gasteiger partial charge in [0.2, 0.25) is 0 Å². The van der Waals surface area contributed by atoms with Crippen molar-refractivity contribution in [2.45, 2.75) is 19.9 Å². The standard InChI is InChI=1S/C17H20BrNO2/c1-10-8-15(20-3)16(21-4)9-13(10)17(19)12-5-6-14(18)11(2)7-12/h5-9,17H,19H2,1-4H3. The quantitative estimate of drug-likeness (QED) is 0.902. The molecular weight excluding hydrogens is 330 g/mol. The third kappa shape index (κ3) is 3.22. The van der Waals surface area contributed by atoms with Gasteiger partial charge in [-0.3, -0.25) is 0 Å². The Morgan fingerprint density at radius 3 is 2.14 bits per heavy atom. The molecule has 2 aromatic rings. The van der Waals surface area contributed by atoms with Crippen molar-refractivity contribution in [3.05, 3.63) is 57.1 Å². The van der Waals surface area contributed by atoms with Crippen LogP contribution < -0.4 is 15.2 Å². The minimum atomic E-state index is -0.198. The monoisotopic (exact) mass is 349 g/mol. The van der Waals surface area contributed by atoms with Gasteiger partial charge >= 0.3 is 0 Å². The van der Waals surface area contributed by atoms with E-state index >= 15 is 0 Å². The van der Waals surface area contributed by atoms with Crippen molar-refractivity contribution in [2.75, 3.05) is 14.2 Å². The highest BCUT2D eigenvalue weighted by Crippen LogP contribution is 2.34. The van der Waals surface area contributed by atoms with Crippen LogP contribution in [-0.4, -0.2) is 14.2 Å². The first-order chi connectivity index (χ1) is 9.97. The predicted molar refractivity (Wildman–Crippen MR) is 89.2 cm³/mol. The maximum Gasteiger partial charge on any atom is 0.161 e. The Balaban J connectivity index is 2.47. The Morgan fingerprint density at radius 1 is 0.952 bits per heavy atom. The summed E-state index contributed by atoms with van der Waals surface area (Å²) < 4.78 is 11.8. The number of nitrogens with two attached hydrogens (primary N) is 1. The van der Waals surface area contributed by atoms with Gasteiger partial charge in [-0.05, 0) is 54.3 Å². The molecule has 0 saturated heterocycles. The fourth-order valence-corrected chi connectivity index (χ4v) is 2.62. The van der Waals surface area contributed by atoms with Crippen LogP contribution in [0.15, 0.2) is 34.8 Å². The minimum Gasteiger partial charge on any atom is -0.493 e. The van der Waals surface area contributed by atoms with E-state index in [1.807, 2.05) is 31.2 Å². The number of hydrogen-bond acceptors (Lipinski definition) is 3. The average Bonchev–Trinajstić information content (AvgIpc) is 2.49. The van der Waals surface area contributed by atoms with E-state index in [2.05, 4.69) is 28.9 Å². The summed E-state index contributed by atoms with van der Waals surface area (Å²) in [6, 6.07) is 9.89. The van der Waals surface area contributed by atoms with Crippen LogP contribution in [0.2, 0.25) is 0 Å². The molecule has 0 radical (unpaired) electrons. The Morgan fingerprint density at radius 2 is 1.57 bits per heavy atom. The predicted octanol–water partition coefficient (Wildman–Crippen LogP) is 4.13. The molecule has 21 heavy (non-hydrogen) atoms. The van der Waals surface area contributed by atoms with Gasteiger partial charge in [-0.1, -0.05) is 28.1 Å². The van der Waals surface area contributed by atoms with Crippen LogP contribution in [-0.2, 0) is 0 Å². The second-order valence-electron chi connectivity index (χ2n) is 5.05. The molecule has 0 bridgehead atoms. The first-order valence-corrected chi connectivity index (χ1v) is 7.51. The number of halogens is 1. The maximum atomic E-state index is 6.44. The summed E-state index contributed by atoms with van der Waals surface area (Å²) in [6.45, 7) is 4.09. The number of methoxy groups -OCH3 is 2. The molecule has 0 saturated carbocycles. The van der Waals surface area contributed by atoms with Crippen molar-refractivity contribution in [1.82, 2.24) is 0 Å². The summed E-state index contributed by atoms with van der Waals surface area (Å²) in [6.07, 6.45) is 0. The van der Waals surface area contributed by atoms with Crippen molar-refractivity contribution in [2.24, 2.45) is 5.73 Å². The third-order valence-electron chi connectivity index (χ3n) is 3.65. The van der Waals surface area contributed by atoms with E-state index in [-0.39, 0.29) is 6.04 Å². The molecule has 3 nitrogen and oxygen atoms in total. The van der Waals surface area contributed by atoms with E-state index in [1.165, 1.54) is 5.56 Å². The zero-order valence-electron chi connectivity index (χ0n) is 12.7. The molecule has 112 valence electrons. The largest absolute Gasteiger partial charge is 0.493 e. The van der Waals surface area contributed by atoms with Gasteiger partial charge in [0.25, 0.3) is 0 Å². The molecule has 0 aliphatic carbocycles. The van der Waals surface area contributed by atoms with Crippen molar-refractivity contribution in [1.29, 1.82) is 0 Å². The Bertz CT molecular complexity index is 655. The zero-order valence-corrected chi connectivity index (χ0v) is 14.3. The van der Waals surface area contributed by atoms with Gasteiger partial charge in [0.05, 0.1) is 20.3 Å². The van der Waals surface area contributed by atoms with E-state index in [0.29, 0.717) is 5.75 Å². The van der Waals surface area contributed by atoms with E-state index in [1.54, 1.807) is 14.2 Å². The van der Waals surface area contributed by atoms with Gasteiger partial charge in [0, 0.05) is 4.47 Å². The van der Waals surface area contributed by atoms with Crippen LogP contribution in [0.5, 0.6) is 11.5 Å². The molecule has 0 aliphatic heterocycles. The second kappa shape index (κ2) is 6.50. The van der Waals surface area contributed by atoms with Crippen molar-refractivity contribution in [3.63, 3.8) is 0 Å². The van der Waals surface area contributed by atoms with Crippen molar-refractivity contribution < 1.29 is 9.47 Å². The fraction of sp³-hybridized carbons (Fsp3) is 0.294. The summed E-state index contributed by atoms with van der Waals surface area (Å²) in [4.78, 5) is 0. The first-order valence-electron chi connectivity index (χ1n) is 6.72. The number of benzene rings is 2. The minimum absolute atomic E-state index is 0.198. The zero-order chi connectivity index (χ0) is 15.6. The number of aryl methyl sites for hydroxylation is 2. The van der Waals surface area contributed by atoms with Crippen LogP contribution >= 0.6 is 15.9 Å². The molecule has 2 aromatic carbocycles. The number of ether oxygens (including phenoxy) is 2. The SMILES string of the molecule is COc1cc(C)c(C(N)c2ccc(Br)c(C)c2)cc1OC. The Kier molecular flexibility index (Phi) is 4.91. The van der Waals surface area contributed by atoms with Crippen LogP contribution in [0.1, 0.15) is 28.3 Å². The van der Waals surface area contributed by atoms with Crippen LogP contribution in [0.4, 0.5) is 0 Å². The average molecular weight is 350 g/mol. The lowest BCUT2D eigenvalue weighted by Gasteiger charge is -2.19. The van der Waals surface area contributed by atoms with E-state index < -0.39 is 0 Å². The molecule has 1 unspecified atom stereocenters. The summed E-state index contributed by atoms with van der Waals surface area (Å²) in [5.41, 5.74) is 10.8.